The summed E-state index contributed by atoms with van der Waals surface area (Å²) in [6.07, 6.45) is 3.64. The van der Waals surface area contributed by atoms with Crippen molar-refractivity contribution >= 4 is 23.2 Å². The lowest BCUT2D eigenvalue weighted by atomic mass is 10.1. The molecule has 0 bridgehead atoms. The van der Waals surface area contributed by atoms with Crippen LogP contribution in [-0.4, -0.2) is 32.0 Å². The average Bonchev–Trinajstić information content (AvgIpc) is 2.69. The van der Waals surface area contributed by atoms with Gasteiger partial charge in [-0.3, -0.25) is 4.79 Å². The van der Waals surface area contributed by atoms with Crippen molar-refractivity contribution in [2.45, 2.75) is 27.7 Å². The highest BCUT2D eigenvalue weighted by Gasteiger charge is 2.16. The van der Waals surface area contributed by atoms with Crippen LogP contribution in [0.3, 0.4) is 0 Å². The summed E-state index contributed by atoms with van der Waals surface area (Å²) in [7, 11) is 0. The van der Waals surface area contributed by atoms with Crippen LogP contribution in [0.1, 0.15) is 43.6 Å². The van der Waals surface area contributed by atoms with E-state index in [1.54, 1.807) is 6.08 Å². The summed E-state index contributed by atoms with van der Waals surface area (Å²) in [6.45, 7) is 12.5. The Hall–Kier alpha value is -2.55. The summed E-state index contributed by atoms with van der Waals surface area (Å²) in [6, 6.07) is 15.8. The van der Waals surface area contributed by atoms with Gasteiger partial charge in [0.25, 0.3) is 0 Å². The number of ketones is 1. The highest BCUT2D eigenvalue weighted by Crippen LogP contribution is 2.34. The van der Waals surface area contributed by atoms with Gasteiger partial charge in [0.1, 0.15) is 0 Å². The molecule has 0 amide bonds. The van der Waals surface area contributed by atoms with Gasteiger partial charge in [0, 0.05) is 37.3 Å². The van der Waals surface area contributed by atoms with E-state index in [9.17, 15) is 4.79 Å². The van der Waals surface area contributed by atoms with E-state index in [2.05, 4.69) is 55.7 Å². The van der Waals surface area contributed by atoms with Crippen molar-refractivity contribution in [1.29, 1.82) is 0 Å². The number of carbonyl (C=O) groups is 1. The van der Waals surface area contributed by atoms with Crippen molar-refractivity contribution in [2.24, 2.45) is 0 Å². The van der Waals surface area contributed by atoms with Crippen LogP contribution in [0.5, 0.6) is 0 Å². The van der Waals surface area contributed by atoms with Gasteiger partial charge in [0.2, 0.25) is 0 Å². The second kappa shape index (κ2) is 9.81. The van der Waals surface area contributed by atoms with Crippen LogP contribution < -0.4 is 9.80 Å². The van der Waals surface area contributed by atoms with Crippen molar-refractivity contribution in [1.82, 2.24) is 0 Å². The minimum atomic E-state index is 0.0318. The van der Waals surface area contributed by atoms with Gasteiger partial charge >= 0.3 is 0 Å². The van der Waals surface area contributed by atoms with E-state index in [1.807, 2.05) is 36.4 Å². The third kappa shape index (κ3) is 4.54. The summed E-state index contributed by atoms with van der Waals surface area (Å²) >= 11 is 0. The minimum Gasteiger partial charge on any atom is -0.370 e. The maximum absolute atomic E-state index is 12.5. The van der Waals surface area contributed by atoms with Crippen LogP contribution in [0.25, 0.3) is 6.08 Å². The Morgan fingerprint density at radius 1 is 0.808 bits per heavy atom. The molecule has 26 heavy (non-hydrogen) atoms. The smallest absolute Gasteiger partial charge is 0.185 e. The molecule has 3 heteroatoms. The Labute approximate surface area is 157 Å². The van der Waals surface area contributed by atoms with E-state index in [0.717, 1.165) is 31.7 Å². The fourth-order valence-corrected chi connectivity index (χ4v) is 3.25. The van der Waals surface area contributed by atoms with Gasteiger partial charge < -0.3 is 9.80 Å². The standard InChI is InChI=1S/C23H30N2O/c1-5-24(6-2)21-16-12-15-20(23(21)25(7-3)8-4)17-18-22(26)19-13-10-9-11-14-19/h9-18H,5-8H2,1-4H3. The molecular formula is C23H30N2O. The number of rotatable bonds is 9. The monoisotopic (exact) mass is 350 g/mol. The number of allylic oxidation sites excluding steroid dienone is 1. The van der Waals surface area contributed by atoms with Crippen LogP contribution >= 0.6 is 0 Å². The fourth-order valence-electron chi connectivity index (χ4n) is 3.25. The number of nitrogens with zero attached hydrogens (tertiary/aromatic N) is 2. The van der Waals surface area contributed by atoms with Gasteiger partial charge in [-0.2, -0.15) is 0 Å². The molecule has 0 aliphatic carbocycles. The molecule has 138 valence electrons. The summed E-state index contributed by atoms with van der Waals surface area (Å²) < 4.78 is 0. The van der Waals surface area contributed by atoms with E-state index in [1.165, 1.54) is 11.4 Å². The maximum Gasteiger partial charge on any atom is 0.185 e. The zero-order valence-electron chi connectivity index (χ0n) is 16.4. The van der Waals surface area contributed by atoms with Crippen molar-refractivity contribution in [3.63, 3.8) is 0 Å². The van der Waals surface area contributed by atoms with Crippen molar-refractivity contribution in [3.8, 4) is 0 Å². The summed E-state index contributed by atoms with van der Waals surface area (Å²) in [4.78, 5) is 17.2. The first-order valence-electron chi connectivity index (χ1n) is 9.56. The van der Waals surface area contributed by atoms with Gasteiger partial charge in [-0.15, -0.1) is 0 Å². The van der Waals surface area contributed by atoms with E-state index in [-0.39, 0.29) is 5.78 Å². The molecule has 0 aliphatic rings. The van der Waals surface area contributed by atoms with Crippen LogP contribution in [-0.2, 0) is 0 Å². The zero-order chi connectivity index (χ0) is 18.9. The van der Waals surface area contributed by atoms with Crippen LogP contribution in [0, 0.1) is 0 Å². The average molecular weight is 351 g/mol. The maximum atomic E-state index is 12.5. The second-order valence-electron chi connectivity index (χ2n) is 6.12. The molecule has 2 aromatic carbocycles. The van der Waals surface area contributed by atoms with E-state index >= 15 is 0 Å². The Bertz CT molecular complexity index is 729. The predicted octanol–water partition coefficient (Wildman–Crippen LogP) is 5.28. The minimum absolute atomic E-state index is 0.0318. The zero-order valence-corrected chi connectivity index (χ0v) is 16.4. The highest BCUT2D eigenvalue weighted by molar-refractivity contribution is 6.07. The lowest BCUT2D eigenvalue weighted by Crippen LogP contribution is -2.28. The lowest BCUT2D eigenvalue weighted by molar-refractivity contribution is 0.104. The molecule has 0 aliphatic heterocycles. The molecule has 2 aromatic rings. The summed E-state index contributed by atoms with van der Waals surface area (Å²) in [5.41, 5.74) is 4.24. The van der Waals surface area contributed by atoms with Gasteiger partial charge in [0.05, 0.1) is 11.4 Å². The van der Waals surface area contributed by atoms with Gasteiger partial charge in [-0.05, 0) is 45.9 Å². The Morgan fingerprint density at radius 2 is 1.42 bits per heavy atom. The van der Waals surface area contributed by atoms with Gasteiger partial charge in [-0.25, -0.2) is 0 Å². The highest BCUT2D eigenvalue weighted by atomic mass is 16.1. The normalized spacial score (nSPS) is 10.9. The van der Waals surface area contributed by atoms with E-state index in [0.29, 0.717) is 5.56 Å². The fraction of sp³-hybridized carbons (Fsp3) is 0.348. The molecule has 0 unspecified atom stereocenters. The number of hydrogen-bond donors (Lipinski definition) is 0. The number of carbonyl (C=O) groups excluding carboxylic acids is 1. The SMILES string of the molecule is CCN(CC)c1cccc(C=CC(=O)c2ccccc2)c1N(CC)CC. The Morgan fingerprint density at radius 3 is 2.00 bits per heavy atom. The molecule has 3 nitrogen and oxygen atoms in total. The molecule has 0 aromatic heterocycles. The lowest BCUT2D eigenvalue weighted by Gasteiger charge is -2.31. The molecular weight excluding hydrogens is 320 g/mol. The largest absolute Gasteiger partial charge is 0.370 e. The molecule has 0 fully saturated rings. The van der Waals surface area contributed by atoms with Gasteiger partial charge in [0.15, 0.2) is 5.78 Å². The predicted molar refractivity (Wildman–Crippen MR) is 113 cm³/mol. The molecule has 0 heterocycles. The summed E-state index contributed by atoms with van der Waals surface area (Å²) in [5.74, 6) is 0.0318. The number of benzene rings is 2. The molecule has 0 radical (unpaired) electrons. The first kappa shape index (κ1) is 19.8. The number of anilines is 2. The molecule has 0 atom stereocenters. The molecule has 0 spiro atoms. The molecule has 2 rings (SSSR count). The number of hydrogen-bond acceptors (Lipinski definition) is 3. The van der Waals surface area contributed by atoms with E-state index < -0.39 is 0 Å². The molecule has 0 saturated carbocycles. The first-order chi connectivity index (χ1) is 12.7. The molecule has 0 N–H and O–H groups in total. The Kier molecular flexibility index (Phi) is 7.46. The van der Waals surface area contributed by atoms with Crippen molar-refractivity contribution < 1.29 is 4.79 Å². The third-order valence-corrected chi connectivity index (χ3v) is 4.70. The number of para-hydroxylation sites is 1. The third-order valence-electron chi connectivity index (χ3n) is 4.70. The first-order valence-corrected chi connectivity index (χ1v) is 9.56. The van der Waals surface area contributed by atoms with Crippen molar-refractivity contribution in [3.05, 3.63) is 65.7 Å². The second-order valence-corrected chi connectivity index (χ2v) is 6.12. The van der Waals surface area contributed by atoms with E-state index in [4.69, 9.17) is 0 Å². The van der Waals surface area contributed by atoms with Crippen LogP contribution in [0.15, 0.2) is 54.6 Å². The van der Waals surface area contributed by atoms with Crippen LogP contribution in [0.4, 0.5) is 11.4 Å². The Balaban J connectivity index is 2.45. The van der Waals surface area contributed by atoms with Crippen molar-refractivity contribution in [2.75, 3.05) is 36.0 Å². The molecule has 0 saturated heterocycles. The topological polar surface area (TPSA) is 23.6 Å². The van der Waals surface area contributed by atoms with Crippen LogP contribution in [0.2, 0.25) is 0 Å². The summed E-state index contributed by atoms with van der Waals surface area (Å²) in [5, 5.41) is 0. The quantitative estimate of drug-likeness (QED) is 0.454. The van der Waals surface area contributed by atoms with Gasteiger partial charge in [-0.1, -0.05) is 42.5 Å².